The van der Waals surface area contributed by atoms with Crippen LogP contribution in [0.2, 0.25) is 0 Å². The van der Waals surface area contributed by atoms with Crippen LogP contribution in [-0.2, 0) is 10.0 Å². The number of sulfonamides is 1. The molecule has 0 radical (unpaired) electrons. The summed E-state index contributed by atoms with van der Waals surface area (Å²) in [7, 11) is -3.57. The van der Waals surface area contributed by atoms with E-state index in [9.17, 15) is 8.42 Å². The molecule has 0 fully saturated rings. The second-order valence-electron chi connectivity index (χ2n) is 5.28. The first-order valence-electron chi connectivity index (χ1n) is 7.42. The maximum Gasteiger partial charge on any atom is 0.242 e. The van der Waals surface area contributed by atoms with Gasteiger partial charge in [0.15, 0.2) is 5.96 Å². The Morgan fingerprint density at radius 2 is 2.04 bits per heavy atom. The monoisotopic (exact) mass is 347 g/mol. The standard InChI is InChI=1S/C16H21N5O2S/c1-12-5-6-14(10-13(12)2)21-16(17)19-8-9-20-24(22,23)15-4-3-7-18-11-15/h3-7,10-11,20H,8-9H2,1-2H3,(H3,17,19,21). The Labute approximate surface area is 142 Å². The van der Waals surface area contributed by atoms with Crippen molar-refractivity contribution in [1.82, 2.24) is 9.71 Å². The van der Waals surface area contributed by atoms with Crippen molar-refractivity contribution in [3.63, 3.8) is 0 Å². The molecule has 24 heavy (non-hydrogen) atoms. The molecule has 7 nitrogen and oxygen atoms in total. The molecule has 1 aromatic heterocycles. The van der Waals surface area contributed by atoms with Gasteiger partial charge in [-0.25, -0.2) is 13.1 Å². The molecular weight excluding hydrogens is 326 g/mol. The lowest BCUT2D eigenvalue weighted by molar-refractivity contribution is 0.582. The van der Waals surface area contributed by atoms with E-state index in [0.29, 0.717) is 0 Å². The molecule has 1 aromatic carbocycles. The van der Waals surface area contributed by atoms with E-state index >= 15 is 0 Å². The molecule has 0 bridgehead atoms. The van der Waals surface area contributed by atoms with Gasteiger partial charge in [0.25, 0.3) is 0 Å². The summed E-state index contributed by atoms with van der Waals surface area (Å²) >= 11 is 0. The number of guanidine groups is 1. The predicted molar refractivity (Wildman–Crippen MR) is 95.5 cm³/mol. The Hall–Kier alpha value is -2.45. The molecule has 0 unspecified atom stereocenters. The topological polar surface area (TPSA) is 109 Å². The SMILES string of the molecule is Cc1ccc(NC(N)=NCCNS(=O)(=O)c2cccnc2)cc1C. The Balaban J connectivity index is 1.86. The quantitative estimate of drug-likeness (QED) is 0.416. The highest BCUT2D eigenvalue weighted by Crippen LogP contribution is 2.13. The second-order valence-corrected chi connectivity index (χ2v) is 7.04. The maximum absolute atomic E-state index is 12.0. The number of rotatable bonds is 6. The molecule has 0 aliphatic carbocycles. The van der Waals surface area contributed by atoms with Crippen LogP contribution in [0.5, 0.6) is 0 Å². The number of hydrogen-bond donors (Lipinski definition) is 3. The molecule has 2 rings (SSSR count). The van der Waals surface area contributed by atoms with Crippen LogP contribution in [0.3, 0.4) is 0 Å². The van der Waals surface area contributed by atoms with Crippen molar-refractivity contribution in [2.45, 2.75) is 18.7 Å². The lowest BCUT2D eigenvalue weighted by Gasteiger charge is -2.08. The smallest absolute Gasteiger partial charge is 0.242 e. The highest BCUT2D eigenvalue weighted by Gasteiger charge is 2.12. The summed E-state index contributed by atoms with van der Waals surface area (Å²) < 4.78 is 26.4. The number of benzene rings is 1. The van der Waals surface area contributed by atoms with E-state index in [1.165, 1.54) is 24.0 Å². The highest BCUT2D eigenvalue weighted by atomic mass is 32.2. The molecule has 2 aromatic rings. The predicted octanol–water partition coefficient (Wildman–Crippen LogP) is 1.40. The van der Waals surface area contributed by atoms with Crippen molar-refractivity contribution >= 4 is 21.7 Å². The van der Waals surface area contributed by atoms with Gasteiger partial charge in [-0.15, -0.1) is 0 Å². The van der Waals surface area contributed by atoms with Gasteiger partial charge in [-0.2, -0.15) is 0 Å². The summed E-state index contributed by atoms with van der Waals surface area (Å²) in [5.74, 6) is 0.235. The Morgan fingerprint density at radius 1 is 1.25 bits per heavy atom. The van der Waals surface area contributed by atoms with Crippen molar-refractivity contribution < 1.29 is 8.42 Å². The number of nitrogens with zero attached hydrogens (tertiary/aromatic N) is 2. The van der Waals surface area contributed by atoms with Crippen molar-refractivity contribution in [3.8, 4) is 0 Å². The van der Waals surface area contributed by atoms with E-state index in [0.717, 1.165) is 11.3 Å². The molecule has 0 aliphatic rings. The van der Waals surface area contributed by atoms with E-state index in [1.807, 2.05) is 32.0 Å². The van der Waals surface area contributed by atoms with E-state index < -0.39 is 10.0 Å². The molecule has 0 saturated heterocycles. The fourth-order valence-electron chi connectivity index (χ4n) is 1.95. The van der Waals surface area contributed by atoms with Crippen LogP contribution in [0, 0.1) is 13.8 Å². The fraction of sp³-hybridized carbons (Fsp3) is 0.250. The minimum absolute atomic E-state index is 0.121. The third kappa shape index (κ3) is 5.04. The van der Waals surface area contributed by atoms with Gasteiger partial charge in [0.2, 0.25) is 10.0 Å². The van der Waals surface area contributed by atoms with Gasteiger partial charge in [-0.3, -0.25) is 9.98 Å². The Kier molecular flexibility index (Phi) is 5.88. The molecular formula is C16H21N5O2S. The zero-order valence-corrected chi connectivity index (χ0v) is 14.5. The Morgan fingerprint density at radius 3 is 2.71 bits per heavy atom. The van der Waals surface area contributed by atoms with E-state index in [1.54, 1.807) is 6.07 Å². The molecule has 8 heteroatoms. The zero-order valence-electron chi connectivity index (χ0n) is 13.7. The largest absolute Gasteiger partial charge is 0.370 e. The molecule has 0 atom stereocenters. The fourth-order valence-corrected chi connectivity index (χ4v) is 2.94. The third-order valence-corrected chi connectivity index (χ3v) is 4.86. The van der Waals surface area contributed by atoms with Crippen LogP contribution < -0.4 is 15.8 Å². The first-order valence-corrected chi connectivity index (χ1v) is 8.91. The van der Waals surface area contributed by atoms with Crippen LogP contribution in [0.1, 0.15) is 11.1 Å². The van der Waals surface area contributed by atoms with E-state index in [2.05, 4.69) is 20.0 Å². The van der Waals surface area contributed by atoms with Gasteiger partial charge in [-0.05, 0) is 49.2 Å². The number of aliphatic imine (C=N–C) groups is 1. The summed E-state index contributed by atoms with van der Waals surface area (Å²) in [6, 6.07) is 8.93. The van der Waals surface area contributed by atoms with E-state index in [-0.39, 0.29) is 23.9 Å². The highest BCUT2D eigenvalue weighted by molar-refractivity contribution is 7.89. The summed E-state index contributed by atoms with van der Waals surface area (Å²) in [4.78, 5) is 8.02. The molecule has 1 heterocycles. The lowest BCUT2D eigenvalue weighted by Crippen LogP contribution is -2.28. The first-order chi connectivity index (χ1) is 11.4. The summed E-state index contributed by atoms with van der Waals surface area (Å²) in [6.07, 6.45) is 2.81. The molecule has 0 saturated carbocycles. The number of pyridine rings is 1. The summed E-state index contributed by atoms with van der Waals surface area (Å²) in [6.45, 7) is 4.42. The van der Waals surface area contributed by atoms with Crippen molar-refractivity contribution in [2.24, 2.45) is 10.7 Å². The van der Waals surface area contributed by atoms with Crippen LogP contribution >= 0.6 is 0 Å². The van der Waals surface area contributed by atoms with Crippen molar-refractivity contribution in [3.05, 3.63) is 53.9 Å². The Bertz CT molecular complexity index is 820. The zero-order chi connectivity index (χ0) is 17.6. The minimum atomic E-state index is -3.57. The number of aryl methyl sites for hydroxylation is 2. The van der Waals surface area contributed by atoms with Crippen LogP contribution in [0.4, 0.5) is 5.69 Å². The van der Waals surface area contributed by atoms with Gasteiger partial charge in [-0.1, -0.05) is 6.07 Å². The summed E-state index contributed by atoms with van der Waals surface area (Å²) in [5, 5.41) is 2.98. The molecule has 0 spiro atoms. The average Bonchev–Trinajstić information content (AvgIpc) is 2.56. The molecule has 128 valence electrons. The van der Waals surface area contributed by atoms with Crippen molar-refractivity contribution in [2.75, 3.05) is 18.4 Å². The van der Waals surface area contributed by atoms with Crippen LogP contribution in [0.25, 0.3) is 0 Å². The normalized spacial score (nSPS) is 12.2. The number of hydrogen-bond acceptors (Lipinski definition) is 4. The lowest BCUT2D eigenvalue weighted by atomic mass is 10.1. The van der Waals surface area contributed by atoms with Gasteiger partial charge < -0.3 is 11.1 Å². The first kappa shape index (κ1) is 17.9. The second kappa shape index (κ2) is 7.89. The molecule has 0 amide bonds. The maximum atomic E-state index is 12.0. The third-order valence-electron chi connectivity index (χ3n) is 3.41. The van der Waals surface area contributed by atoms with Crippen LogP contribution in [0.15, 0.2) is 52.6 Å². The van der Waals surface area contributed by atoms with Crippen LogP contribution in [-0.4, -0.2) is 32.5 Å². The van der Waals surface area contributed by atoms with E-state index in [4.69, 9.17) is 5.73 Å². The van der Waals surface area contributed by atoms with Gasteiger partial charge >= 0.3 is 0 Å². The molecule has 0 aliphatic heterocycles. The number of anilines is 1. The number of nitrogens with two attached hydrogens (primary N) is 1. The minimum Gasteiger partial charge on any atom is -0.370 e. The average molecular weight is 347 g/mol. The number of aromatic nitrogens is 1. The van der Waals surface area contributed by atoms with Crippen molar-refractivity contribution in [1.29, 1.82) is 0 Å². The van der Waals surface area contributed by atoms with Gasteiger partial charge in [0, 0.05) is 24.6 Å². The number of nitrogens with one attached hydrogen (secondary N) is 2. The molecule has 4 N–H and O–H groups in total. The summed E-state index contributed by atoms with van der Waals surface area (Å²) in [5.41, 5.74) is 8.99. The van der Waals surface area contributed by atoms with Gasteiger partial charge in [0.05, 0.1) is 6.54 Å². The van der Waals surface area contributed by atoms with Gasteiger partial charge in [0.1, 0.15) is 4.90 Å².